The van der Waals surface area contributed by atoms with Crippen molar-refractivity contribution in [2.24, 2.45) is 0 Å². The molecule has 3 rings (SSSR count). The van der Waals surface area contributed by atoms with E-state index in [1.807, 2.05) is 24.3 Å². The number of aromatic amines is 1. The topological polar surface area (TPSA) is 98.6 Å². The summed E-state index contributed by atoms with van der Waals surface area (Å²) < 4.78 is 17.8. The molecule has 1 aliphatic heterocycles. The van der Waals surface area contributed by atoms with Crippen molar-refractivity contribution < 1.29 is 24.4 Å². The van der Waals surface area contributed by atoms with Crippen LogP contribution in [0.3, 0.4) is 0 Å². The molecule has 1 aromatic heterocycles. The highest BCUT2D eigenvalue weighted by molar-refractivity contribution is 7.99. The lowest BCUT2D eigenvalue weighted by Crippen LogP contribution is -2.39. The molecule has 0 radical (unpaired) electrons. The number of imidazole rings is 1. The molecule has 21 heavy (non-hydrogen) atoms. The van der Waals surface area contributed by atoms with Gasteiger partial charge in [-0.1, -0.05) is 23.9 Å². The SMILES string of the molecule is O[C@@H]1[C@@H](O)[C@H](Sc2nc3ccccc3[nH]2)O[C@H]1[C@H](O)CF. The van der Waals surface area contributed by atoms with Gasteiger partial charge in [-0.25, -0.2) is 9.37 Å². The maximum absolute atomic E-state index is 12.5. The van der Waals surface area contributed by atoms with Crippen molar-refractivity contribution in [2.75, 3.05) is 6.67 Å². The highest BCUT2D eigenvalue weighted by atomic mass is 32.2. The Morgan fingerprint density at radius 2 is 2.10 bits per heavy atom. The van der Waals surface area contributed by atoms with Crippen LogP contribution in [0.2, 0.25) is 0 Å². The highest BCUT2D eigenvalue weighted by Crippen LogP contribution is 2.34. The highest BCUT2D eigenvalue weighted by Gasteiger charge is 2.46. The van der Waals surface area contributed by atoms with Gasteiger partial charge >= 0.3 is 0 Å². The Kier molecular flexibility index (Phi) is 4.14. The Balaban J connectivity index is 1.75. The second kappa shape index (κ2) is 5.90. The number of thioether (sulfide) groups is 1. The van der Waals surface area contributed by atoms with Crippen LogP contribution >= 0.6 is 11.8 Å². The zero-order valence-corrected chi connectivity index (χ0v) is 11.7. The summed E-state index contributed by atoms with van der Waals surface area (Å²) in [7, 11) is 0. The molecule has 1 aliphatic rings. The molecule has 5 atom stereocenters. The average molecular weight is 314 g/mol. The minimum Gasteiger partial charge on any atom is -0.388 e. The zero-order chi connectivity index (χ0) is 15.0. The number of nitrogens with one attached hydrogen (secondary N) is 1. The van der Waals surface area contributed by atoms with Crippen LogP contribution in [0.1, 0.15) is 0 Å². The lowest BCUT2D eigenvalue weighted by atomic mass is 10.1. The lowest BCUT2D eigenvalue weighted by Gasteiger charge is -2.17. The minimum atomic E-state index is -1.46. The van der Waals surface area contributed by atoms with Crippen molar-refractivity contribution in [2.45, 2.75) is 35.0 Å². The molecule has 0 amide bonds. The molecule has 6 nitrogen and oxygen atoms in total. The van der Waals surface area contributed by atoms with Gasteiger partial charge in [0.15, 0.2) is 5.16 Å². The van der Waals surface area contributed by atoms with E-state index in [0.29, 0.717) is 5.16 Å². The van der Waals surface area contributed by atoms with Crippen molar-refractivity contribution in [1.29, 1.82) is 0 Å². The quantitative estimate of drug-likeness (QED) is 0.653. The summed E-state index contributed by atoms with van der Waals surface area (Å²) >= 11 is 1.09. The number of aliphatic hydroxyl groups is 3. The number of aromatic nitrogens is 2. The van der Waals surface area contributed by atoms with E-state index in [0.717, 1.165) is 22.8 Å². The van der Waals surface area contributed by atoms with Crippen LogP contribution in [0.5, 0.6) is 0 Å². The molecule has 2 heterocycles. The van der Waals surface area contributed by atoms with E-state index in [9.17, 15) is 19.7 Å². The molecule has 0 unspecified atom stereocenters. The number of alkyl halides is 1. The number of para-hydroxylation sites is 2. The first-order chi connectivity index (χ1) is 10.1. The van der Waals surface area contributed by atoms with Crippen LogP contribution in [0.4, 0.5) is 4.39 Å². The lowest BCUT2D eigenvalue weighted by molar-refractivity contribution is -0.0608. The number of nitrogens with zero attached hydrogens (tertiary/aromatic N) is 1. The van der Waals surface area contributed by atoms with Crippen LogP contribution < -0.4 is 0 Å². The number of benzene rings is 1. The van der Waals surface area contributed by atoms with E-state index in [-0.39, 0.29) is 0 Å². The molecule has 1 aromatic carbocycles. The van der Waals surface area contributed by atoms with Crippen molar-refractivity contribution in [3.8, 4) is 0 Å². The molecule has 4 N–H and O–H groups in total. The van der Waals surface area contributed by atoms with Gasteiger partial charge < -0.3 is 25.0 Å². The van der Waals surface area contributed by atoms with E-state index in [4.69, 9.17) is 4.74 Å². The first-order valence-electron chi connectivity index (χ1n) is 6.47. The third-order valence-electron chi connectivity index (χ3n) is 3.39. The number of H-pyrrole nitrogens is 1. The van der Waals surface area contributed by atoms with Gasteiger partial charge in [0.1, 0.15) is 36.5 Å². The third-order valence-corrected chi connectivity index (χ3v) is 4.43. The largest absolute Gasteiger partial charge is 0.388 e. The number of rotatable bonds is 4. The predicted molar refractivity (Wildman–Crippen MR) is 74.6 cm³/mol. The van der Waals surface area contributed by atoms with Gasteiger partial charge in [-0.05, 0) is 12.1 Å². The van der Waals surface area contributed by atoms with Gasteiger partial charge in [0, 0.05) is 0 Å². The molecule has 0 aliphatic carbocycles. The number of hydrogen-bond donors (Lipinski definition) is 4. The minimum absolute atomic E-state index is 0.517. The Hall–Kier alpha value is -1.19. The molecule has 1 saturated heterocycles. The average Bonchev–Trinajstić information content (AvgIpc) is 3.02. The summed E-state index contributed by atoms with van der Waals surface area (Å²) in [6.07, 6.45) is -5.17. The predicted octanol–water partition coefficient (Wildman–Crippen LogP) is 0.432. The van der Waals surface area contributed by atoms with Crippen LogP contribution in [0, 0.1) is 0 Å². The second-order valence-electron chi connectivity index (χ2n) is 4.85. The van der Waals surface area contributed by atoms with Gasteiger partial charge in [-0.15, -0.1) is 0 Å². The Morgan fingerprint density at radius 1 is 1.33 bits per heavy atom. The fraction of sp³-hybridized carbons (Fsp3) is 0.462. The van der Waals surface area contributed by atoms with Crippen LogP contribution in [-0.2, 0) is 4.74 Å². The molecule has 0 saturated carbocycles. The van der Waals surface area contributed by atoms with E-state index >= 15 is 0 Å². The number of ether oxygens (including phenoxy) is 1. The van der Waals surface area contributed by atoms with E-state index < -0.39 is 36.5 Å². The number of aliphatic hydroxyl groups excluding tert-OH is 3. The van der Waals surface area contributed by atoms with Gasteiger partial charge in [0.2, 0.25) is 0 Å². The molecular weight excluding hydrogens is 299 g/mol. The number of hydrogen-bond acceptors (Lipinski definition) is 6. The Bertz CT molecular complexity index is 592. The van der Waals surface area contributed by atoms with E-state index in [1.54, 1.807) is 0 Å². The molecular formula is C13H15FN2O4S. The summed E-state index contributed by atoms with van der Waals surface area (Å²) in [5.41, 5.74) is 0.786. The monoisotopic (exact) mass is 314 g/mol. The summed E-state index contributed by atoms with van der Waals surface area (Å²) in [5, 5.41) is 29.7. The summed E-state index contributed by atoms with van der Waals surface area (Å²) in [6, 6.07) is 7.43. The molecule has 8 heteroatoms. The van der Waals surface area contributed by atoms with Crippen LogP contribution in [0.15, 0.2) is 29.4 Å². The van der Waals surface area contributed by atoms with Gasteiger partial charge in [0.05, 0.1) is 11.0 Å². The Labute approximate surface area is 124 Å². The normalized spacial score (nSPS) is 30.9. The molecule has 1 fully saturated rings. The first kappa shape index (κ1) is 14.7. The van der Waals surface area contributed by atoms with Crippen LogP contribution in [-0.4, -0.2) is 61.8 Å². The van der Waals surface area contributed by atoms with Crippen LogP contribution in [0.25, 0.3) is 11.0 Å². The van der Waals surface area contributed by atoms with Gasteiger partial charge in [-0.2, -0.15) is 0 Å². The second-order valence-corrected chi connectivity index (χ2v) is 5.94. The van der Waals surface area contributed by atoms with Crippen molar-refractivity contribution in [3.63, 3.8) is 0 Å². The summed E-state index contributed by atoms with van der Waals surface area (Å²) in [6.45, 7) is -1.05. The number of fused-ring (bicyclic) bond motifs is 1. The molecule has 114 valence electrons. The van der Waals surface area contributed by atoms with Crippen molar-refractivity contribution >= 4 is 22.8 Å². The maximum atomic E-state index is 12.5. The van der Waals surface area contributed by atoms with Gasteiger partial charge in [-0.3, -0.25) is 0 Å². The summed E-state index contributed by atoms with van der Waals surface area (Å²) in [5.74, 6) is 0. The van der Waals surface area contributed by atoms with Crippen molar-refractivity contribution in [1.82, 2.24) is 9.97 Å². The first-order valence-corrected chi connectivity index (χ1v) is 7.35. The van der Waals surface area contributed by atoms with E-state index in [2.05, 4.69) is 9.97 Å². The number of halogens is 1. The molecule has 0 spiro atoms. The molecule has 2 aromatic rings. The molecule has 0 bridgehead atoms. The third kappa shape index (κ3) is 2.77. The maximum Gasteiger partial charge on any atom is 0.168 e. The van der Waals surface area contributed by atoms with E-state index in [1.165, 1.54) is 0 Å². The van der Waals surface area contributed by atoms with Gasteiger partial charge in [0.25, 0.3) is 0 Å². The summed E-state index contributed by atoms with van der Waals surface area (Å²) in [4.78, 5) is 7.38. The standard InChI is InChI=1S/C13H15FN2O4S/c14-5-8(17)11-9(18)10(19)12(20-11)21-13-15-6-3-1-2-4-7(6)16-13/h1-4,8-12,17-19H,5H2,(H,15,16)/t8-,9-,10-,11+,12+/m1/s1. The zero-order valence-electron chi connectivity index (χ0n) is 10.9. The smallest absolute Gasteiger partial charge is 0.168 e. The fourth-order valence-electron chi connectivity index (χ4n) is 2.27. The fourth-order valence-corrected chi connectivity index (χ4v) is 3.29. The van der Waals surface area contributed by atoms with Crippen molar-refractivity contribution in [3.05, 3.63) is 24.3 Å². The Morgan fingerprint density at radius 3 is 2.81 bits per heavy atom.